The predicted molar refractivity (Wildman–Crippen MR) is 49.8 cm³/mol. The van der Waals surface area contributed by atoms with Crippen molar-refractivity contribution in [3.63, 3.8) is 0 Å². The Hall–Kier alpha value is -1.34. The molecule has 100 valence electrons. The number of alkyl halides is 4. The van der Waals surface area contributed by atoms with Crippen LogP contribution in [0.5, 0.6) is 0 Å². The van der Waals surface area contributed by atoms with Gasteiger partial charge in [0.05, 0.1) is 13.0 Å². The molecule has 0 fully saturated rings. The summed E-state index contributed by atoms with van der Waals surface area (Å²) in [5.74, 6) is -8.36. The predicted octanol–water partition coefficient (Wildman–Crippen LogP) is 1.15. The fourth-order valence-corrected chi connectivity index (χ4v) is 1.12. The van der Waals surface area contributed by atoms with Gasteiger partial charge in [0.1, 0.15) is 0 Å². The molecule has 0 spiro atoms. The lowest BCUT2D eigenvalue weighted by molar-refractivity contribution is -0.180. The van der Waals surface area contributed by atoms with Crippen molar-refractivity contribution < 1.29 is 31.9 Å². The van der Waals surface area contributed by atoms with Gasteiger partial charge in [-0.25, -0.2) is 8.78 Å². The molecule has 17 heavy (non-hydrogen) atoms. The third-order valence-electron chi connectivity index (χ3n) is 2.06. The summed E-state index contributed by atoms with van der Waals surface area (Å²) >= 11 is 0. The molecule has 1 unspecified atom stereocenters. The first-order valence-corrected chi connectivity index (χ1v) is 4.64. The molecule has 0 aliphatic heterocycles. The van der Waals surface area contributed by atoms with Crippen molar-refractivity contribution >= 4 is 11.9 Å². The Kier molecular flexibility index (Phi) is 5.37. The lowest BCUT2D eigenvalue weighted by Gasteiger charge is -2.24. The number of hydrogen-bond acceptors (Lipinski definition) is 3. The Morgan fingerprint density at radius 3 is 2.18 bits per heavy atom. The van der Waals surface area contributed by atoms with Gasteiger partial charge in [0.2, 0.25) is 0 Å². The van der Waals surface area contributed by atoms with E-state index in [2.05, 4.69) is 4.74 Å². The fraction of sp³-hybridized carbons (Fsp3) is 0.778. The first kappa shape index (κ1) is 15.7. The number of carbonyl (C=O) groups excluding carboxylic acids is 2. The van der Waals surface area contributed by atoms with Crippen LogP contribution in [-0.4, -0.2) is 49.8 Å². The Morgan fingerprint density at radius 1 is 1.35 bits per heavy atom. The molecular formula is C9H13F4NO3. The van der Waals surface area contributed by atoms with Crippen LogP contribution in [-0.2, 0) is 14.3 Å². The summed E-state index contributed by atoms with van der Waals surface area (Å²) in [5, 5.41) is 0. The van der Waals surface area contributed by atoms with Gasteiger partial charge in [-0.1, -0.05) is 6.92 Å². The number of rotatable bonds is 5. The number of methoxy groups -OCH3 is 1. The summed E-state index contributed by atoms with van der Waals surface area (Å²) in [6.45, 7) is 0.907. The molecule has 0 bridgehead atoms. The van der Waals surface area contributed by atoms with E-state index in [1.807, 2.05) is 0 Å². The molecule has 4 nitrogen and oxygen atoms in total. The molecular weight excluding hydrogens is 246 g/mol. The molecule has 0 aromatic carbocycles. The molecule has 0 aromatic heterocycles. The van der Waals surface area contributed by atoms with Crippen molar-refractivity contribution in [1.29, 1.82) is 0 Å². The Morgan fingerprint density at radius 2 is 1.82 bits per heavy atom. The number of hydrogen-bond donors (Lipinski definition) is 0. The molecule has 1 amide bonds. The number of ether oxygens (including phenoxy) is 1. The van der Waals surface area contributed by atoms with Crippen LogP contribution in [0, 0.1) is 5.92 Å². The second kappa shape index (κ2) is 5.83. The van der Waals surface area contributed by atoms with E-state index in [-0.39, 0.29) is 0 Å². The highest BCUT2D eigenvalue weighted by molar-refractivity contribution is 5.84. The largest absolute Gasteiger partial charge is 0.469 e. The topological polar surface area (TPSA) is 46.6 Å². The first-order valence-electron chi connectivity index (χ1n) is 4.64. The van der Waals surface area contributed by atoms with Crippen LogP contribution in [0.4, 0.5) is 17.6 Å². The summed E-state index contributed by atoms with van der Waals surface area (Å²) in [6.07, 6.45) is -4.08. The van der Waals surface area contributed by atoms with Gasteiger partial charge in [0.25, 0.3) is 5.91 Å². The molecule has 0 aliphatic rings. The average Bonchev–Trinajstić information content (AvgIpc) is 2.26. The quantitative estimate of drug-likeness (QED) is 0.549. The number of amides is 1. The van der Waals surface area contributed by atoms with Gasteiger partial charge >= 0.3 is 18.3 Å². The zero-order chi connectivity index (χ0) is 13.8. The molecule has 0 rings (SSSR count). The number of carbonyl (C=O) groups is 2. The summed E-state index contributed by atoms with van der Waals surface area (Å²) in [7, 11) is 2.01. The number of nitrogens with zero attached hydrogens (tertiary/aromatic N) is 1. The monoisotopic (exact) mass is 259 g/mol. The molecule has 0 saturated heterocycles. The summed E-state index contributed by atoms with van der Waals surface area (Å²) in [6, 6.07) is 0. The average molecular weight is 259 g/mol. The third-order valence-corrected chi connectivity index (χ3v) is 2.06. The minimum absolute atomic E-state index is 0.383. The number of esters is 1. The third kappa shape index (κ3) is 3.86. The van der Waals surface area contributed by atoms with E-state index < -0.39 is 36.7 Å². The molecule has 0 N–H and O–H groups in total. The highest BCUT2D eigenvalue weighted by Crippen LogP contribution is 2.25. The van der Waals surface area contributed by atoms with E-state index >= 15 is 0 Å². The van der Waals surface area contributed by atoms with Crippen LogP contribution in [0.1, 0.15) is 6.92 Å². The summed E-state index contributed by atoms with van der Waals surface area (Å²) in [4.78, 5) is 22.3. The molecule has 0 radical (unpaired) electrons. The van der Waals surface area contributed by atoms with E-state index in [9.17, 15) is 27.2 Å². The van der Waals surface area contributed by atoms with Crippen molar-refractivity contribution in [1.82, 2.24) is 4.90 Å². The van der Waals surface area contributed by atoms with E-state index in [0.717, 1.165) is 14.2 Å². The van der Waals surface area contributed by atoms with E-state index in [1.54, 1.807) is 0 Å². The van der Waals surface area contributed by atoms with Crippen molar-refractivity contribution in [3.05, 3.63) is 0 Å². The van der Waals surface area contributed by atoms with E-state index in [0.29, 0.717) is 4.90 Å². The second-order valence-corrected chi connectivity index (χ2v) is 3.53. The van der Waals surface area contributed by atoms with Gasteiger partial charge in [-0.3, -0.25) is 9.59 Å². The Bertz CT molecular complexity index is 296. The fourth-order valence-electron chi connectivity index (χ4n) is 1.12. The van der Waals surface area contributed by atoms with E-state index in [4.69, 9.17) is 0 Å². The van der Waals surface area contributed by atoms with Crippen LogP contribution in [0.15, 0.2) is 0 Å². The van der Waals surface area contributed by atoms with Gasteiger partial charge in [-0.2, -0.15) is 8.78 Å². The van der Waals surface area contributed by atoms with Gasteiger partial charge in [0.15, 0.2) is 0 Å². The van der Waals surface area contributed by atoms with Crippen LogP contribution in [0.2, 0.25) is 0 Å². The van der Waals surface area contributed by atoms with Gasteiger partial charge < -0.3 is 9.64 Å². The van der Waals surface area contributed by atoms with Gasteiger partial charge in [-0.15, -0.1) is 0 Å². The smallest absolute Gasteiger partial charge is 0.383 e. The summed E-state index contributed by atoms with van der Waals surface area (Å²) in [5.41, 5.74) is 0. The molecule has 0 saturated carbocycles. The highest BCUT2D eigenvalue weighted by atomic mass is 19.3. The van der Waals surface area contributed by atoms with Crippen LogP contribution in [0.25, 0.3) is 0 Å². The molecule has 0 aromatic rings. The lowest BCUT2D eigenvalue weighted by Crippen LogP contribution is -2.47. The first-order chi connectivity index (χ1) is 7.64. The maximum Gasteiger partial charge on any atom is 0.383 e. The lowest BCUT2D eigenvalue weighted by atomic mass is 10.1. The maximum atomic E-state index is 12.7. The standard InChI is InChI=1S/C9H13F4NO3/c1-5(6(15)17-3)4-14(2)8(16)9(12,13)7(10)11/h5,7H,4H2,1-3H3. The molecule has 8 heteroatoms. The van der Waals surface area contributed by atoms with E-state index in [1.165, 1.54) is 6.92 Å². The minimum atomic E-state index is -4.75. The molecule has 0 aliphatic carbocycles. The SMILES string of the molecule is COC(=O)C(C)CN(C)C(=O)C(F)(F)C(F)F. The maximum absolute atomic E-state index is 12.7. The second-order valence-electron chi connectivity index (χ2n) is 3.53. The van der Waals surface area contributed by atoms with Crippen LogP contribution in [0.3, 0.4) is 0 Å². The number of halogens is 4. The van der Waals surface area contributed by atoms with Crippen molar-refractivity contribution in [3.8, 4) is 0 Å². The zero-order valence-corrected chi connectivity index (χ0v) is 9.55. The van der Waals surface area contributed by atoms with Crippen molar-refractivity contribution in [2.75, 3.05) is 20.7 Å². The zero-order valence-electron chi connectivity index (χ0n) is 9.55. The van der Waals surface area contributed by atoms with Crippen LogP contribution >= 0.6 is 0 Å². The van der Waals surface area contributed by atoms with Gasteiger partial charge in [0, 0.05) is 13.6 Å². The van der Waals surface area contributed by atoms with Gasteiger partial charge in [-0.05, 0) is 0 Å². The summed E-state index contributed by atoms with van der Waals surface area (Å²) < 4.78 is 53.4. The Balaban J connectivity index is 4.57. The van der Waals surface area contributed by atoms with Crippen molar-refractivity contribution in [2.24, 2.45) is 5.92 Å². The highest BCUT2D eigenvalue weighted by Gasteiger charge is 2.50. The van der Waals surface area contributed by atoms with Crippen molar-refractivity contribution in [2.45, 2.75) is 19.3 Å². The minimum Gasteiger partial charge on any atom is -0.469 e. The Labute approximate surface area is 95.5 Å². The molecule has 0 heterocycles. The van der Waals surface area contributed by atoms with Crippen LogP contribution < -0.4 is 0 Å². The molecule has 1 atom stereocenters. The normalized spacial score (nSPS) is 13.4.